The van der Waals surface area contributed by atoms with E-state index in [2.05, 4.69) is 20.6 Å². The van der Waals surface area contributed by atoms with Crippen LogP contribution in [0.4, 0.5) is 21.7 Å². The number of ether oxygens (including phenoxy) is 3. The lowest BCUT2D eigenvalue weighted by Gasteiger charge is -2.16. The van der Waals surface area contributed by atoms with Crippen molar-refractivity contribution in [1.82, 2.24) is 15.3 Å². The molecule has 0 aliphatic carbocycles. The number of fused-ring (bicyclic) bond motifs is 9. The molecule has 11 heteroatoms. The Hall–Kier alpha value is -3.96. The van der Waals surface area contributed by atoms with E-state index >= 15 is 0 Å². The molecule has 6 rings (SSSR count). The Bertz CT molecular complexity index is 1520. The smallest absolute Gasteiger partial charge is 0.227 e. The zero-order chi connectivity index (χ0) is 28.8. The minimum absolute atomic E-state index is 0.0707. The lowest BCUT2D eigenvalue weighted by molar-refractivity contribution is 0.110. The molecule has 9 nitrogen and oxygen atoms in total. The third kappa shape index (κ3) is 7.04. The van der Waals surface area contributed by atoms with E-state index in [0.29, 0.717) is 53.1 Å². The first-order valence-corrected chi connectivity index (χ1v) is 13.6. The number of nitrogens with zero attached hydrogens (tertiary/aromatic N) is 2. The Kier molecular flexibility index (Phi) is 9.15. The number of hydrogen-bond acceptors (Lipinski definition) is 9. The van der Waals surface area contributed by atoms with Crippen molar-refractivity contribution in [2.45, 2.75) is 32.3 Å². The van der Waals surface area contributed by atoms with Crippen LogP contribution in [0.25, 0.3) is 11.3 Å². The van der Waals surface area contributed by atoms with Crippen molar-refractivity contribution in [3.05, 3.63) is 88.3 Å². The largest absolute Gasteiger partial charge is 0.496 e. The molecule has 3 heterocycles. The molecule has 0 radical (unpaired) electrons. The molecule has 3 aromatic carbocycles. The maximum absolute atomic E-state index is 13.8. The fourth-order valence-corrected chi connectivity index (χ4v) is 4.77. The maximum Gasteiger partial charge on any atom is 0.227 e. The van der Waals surface area contributed by atoms with Crippen molar-refractivity contribution in [3.63, 3.8) is 0 Å². The van der Waals surface area contributed by atoms with Crippen molar-refractivity contribution in [2.24, 2.45) is 0 Å². The van der Waals surface area contributed by atoms with Gasteiger partial charge in [-0.15, -0.1) is 0 Å². The average molecular weight is 580 g/mol. The number of benzene rings is 3. The number of aliphatic hydroxyl groups is 1. The number of nitrogens with two attached hydrogens (primary N) is 1. The van der Waals surface area contributed by atoms with Gasteiger partial charge in [0.05, 0.1) is 30.0 Å². The summed E-state index contributed by atoms with van der Waals surface area (Å²) in [5.41, 5.74) is 10.9. The zero-order valence-corrected chi connectivity index (χ0v) is 23.2. The molecule has 214 valence electrons. The van der Waals surface area contributed by atoms with E-state index in [1.54, 1.807) is 18.3 Å². The van der Waals surface area contributed by atoms with Crippen LogP contribution in [0.1, 0.15) is 35.8 Å². The van der Waals surface area contributed by atoms with Crippen LogP contribution in [-0.4, -0.2) is 35.3 Å². The molecule has 0 fully saturated rings. The molecule has 4 aromatic rings. The van der Waals surface area contributed by atoms with Crippen molar-refractivity contribution < 1.29 is 23.7 Å². The standard InChI is InChI=1S/C30H31ClFN5O4/c1-39-28-15-20(32)14-24(31)23(28)17-41-27-7-5-21-12-19(27)16-40-11-3-2-9-34-29(38)18-4-6-22(25(33)13-18)26-8-10-35-30(36-21)37-26/h4-8,10,12-15,29,34,38H,2-3,9,11,16-17,33H2,1H3,(H,35,36,37). The summed E-state index contributed by atoms with van der Waals surface area (Å²) in [4.78, 5) is 9.01. The van der Waals surface area contributed by atoms with Crippen LogP contribution < -0.4 is 25.8 Å². The van der Waals surface area contributed by atoms with Gasteiger partial charge in [-0.3, -0.25) is 5.32 Å². The number of aliphatic hydroxyl groups excluding tert-OH is 1. The summed E-state index contributed by atoms with van der Waals surface area (Å²) >= 11 is 6.28. The van der Waals surface area contributed by atoms with Gasteiger partial charge < -0.3 is 30.4 Å². The first kappa shape index (κ1) is 28.6. The number of nitrogens with one attached hydrogen (secondary N) is 2. The predicted octanol–water partition coefficient (Wildman–Crippen LogP) is 5.74. The van der Waals surface area contributed by atoms with Gasteiger partial charge in [0.2, 0.25) is 5.95 Å². The molecule has 0 saturated heterocycles. The molecule has 0 spiro atoms. The number of anilines is 3. The number of rotatable bonds is 4. The van der Waals surface area contributed by atoms with Gasteiger partial charge in [0, 0.05) is 41.4 Å². The molecule has 41 heavy (non-hydrogen) atoms. The van der Waals surface area contributed by atoms with Crippen LogP contribution in [-0.2, 0) is 18.0 Å². The first-order chi connectivity index (χ1) is 19.9. The highest BCUT2D eigenvalue weighted by molar-refractivity contribution is 6.31. The molecule has 1 unspecified atom stereocenters. The van der Waals surface area contributed by atoms with E-state index < -0.39 is 12.0 Å². The Morgan fingerprint density at radius 3 is 2.83 bits per heavy atom. The van der Waals surface area contributed by atoms with Gasteiger partial charge in [-0.2, -0.15) is 0 Å². The van der Waals surface area contributed by atoms with Gasteiger partial charge >= 0.3 is 0 Å². The van der Waals surface area contributed by atoms with Gasteiger partial charge in [-0.05, 0) is 61.3 Å². The molecule has 1 aromatic heterocycles. The fraction of sp³-hybridized carbons (Fsp3) is 0.267. The summed E-state index contributed by atoms with van der Waals surface area (Å²) in [5, 5.41) is 17.1. The van der Waals surface area contributed by atoms with E-state index in [1.807, 2.05) is 30.3 Å². The number of nitrogen functional groups attached to an aromatic ring is 1. The minimum Gasteiger partial charge on any atom is -0.496 e. The second kappa shape index (κ2) is 13.1. The minimum atomic E-state index is -0.841. The van der Waals surface area contributed by atoms with Crippen LogP contribution in [0.2, 0.25) is 5.02 Å². The van der Waals surface area contributed by atoms with E-state index in [-0.39, 0.29) is 18.2 Å². The van der Waals surface area contributed by atoms with Crippen LogP contribution >= 0.6 is 11.6 Å². The van der Waals surface area contributed by atoms with Gasteiger partial charge in [0.25, 0.3) is 0 Å². The van der Waals surface area contributed by atoms with Crippen molar-refractivity contribution >= 4 is 28.9 Å². The first-order valence-electron chi connectivity index (χ1n) is 13.2. The normalized spacial score (nSPS) is 15.8. The second-order valence-corrected chi connectivity index (χ2v) is 9.94. The Labute approximate surface area is 242 Å². The lowest BCUT2D eigenvalue weighted by Crippen LogP contribution is -2.22. The summed E-state index contributed by atoms with van der Waals surface area (Å²) in [6.07, 6.45) is 2.40. The van der Waals surface area contributed by atoms with E-state index in [4.69, 9.17) is 31.5 Å². The van der Waals surface area contributed by atoms with Crippen molar-refractivity contribution in [2.75, 3.05) is 31.3 Å². The topological polar surface area (TPSA) is 124 Å². The SMILES string of the molecule is COc1cc(F)cc(Cl)c1COc1ccc2cc1COCCCCNC(O)c1ccc(c(N)c1)-c1ccnc(n1)N2. The van der Waals surface area contributed by atoms with Gasteiger partial charge in [-0.1, -0.05) is 23.7 Å². The number of hydrogen-bond donors (Lipinski definition) is 4. The number of aromatic nitrogens is 2. The highest BCUT2D eigenvalue weighted by atomic mass is 35.5. The van der Waals surface area contributed by atoms with Crippen LogP contribution in [0, 0.1) is 5.82 Å². The quantitative estimate of drug-likeness (QED) is 0.224. The molecule has 2 aliphatic heterocycles. The molecule has 6 bridgehead atoms. The van der Waals surface area contributed by atoms with Crippen LogP contribution in [0.5, 0.6) is 11.5 Å². The maximum atomic E-state index is 13.8. The second-order valence-electron chi connectivity index (χ2n) is 9.53. The lowest BCUT2D eigenvalue weighted by atomic mass is 10.1. The fourth-order valence-electron chi connectivity index (χ4n) is 4.51. The predicted molar refractivity (Wildman–Crippen MR) is 156 cm³/mol. The van der Waals surface area contributed by atoms with E-state index in [1.165, 1.54) is 19.2 Å². The van der Waals surface area contributed by atoms with Gasteiger partial charge in [0.15, 0.2) is 0 Å². The summed E-state index contributed by atoms with van der Waals surface area (Å²) < 4.78 is 31.2. The molecule has 1 atom stereocenters. The van der Waals surface area contributed by atoms with Crippen molar-refractivity contribution in [3.8, 4) is 22.8 Å². The third-order valence-corrected chi connectivity index (χ3v) is 7.00. The molecular weight excluding hydrogens is 549 g/mol. The molecular formula is C30H31ClFN5O4. The van der Waals surface area contributed by atoms with Gasteiger partial charge in [0.1, 0.15) is 30.2 Å². The molecule has 2 aliphatic rings. The summed E-state index contributed by atoms with van der Waals surface area (Å²) in [5.74, 6) is 0.781. The summed E-state index contributed by atoms with van der Waals surface area (Å²) in [6.45, 7) is 1.48. The average Bonchev–Trinajstić information content (AvgIpc) is 2.96. The monoisotopic (exact) mass is 579 g/mol. The van der Waals surface area contributed by atoms with Gasteiger partial charge in [-0.25, -0.2) is 14.4 Å². The van der Waals surface area contributed by atoms with E-state index in [0.717, 1.165) is 29.7 Å². The summed E-state index contributed by atoms with van der Waals surface area (Å²) in [7, 11) is 1.45. The van der Waals surface area contributed by atoms with Crippen molar-refractivity contribution in [1.29, 1.82) is 0 Å². The van der Waals surface area contributed by atoms with E-state index in [9.17, 15) is 9.50 Å². The molecule has 0 saturated carbocycles. The van der Waals surface area contributed by atoms with Crippen LogP contribution in [0.3, 0.4) is 0 Å². The highest BCUT2D eigenvalue weighted by Gasteiger charge is 2.15. The number of methoxy groups -OCH3 is 1. The Morgan fingerprint density at radius 2 is 2.00 bits per heavy atom. The Morgan fingerprint density at radius 1 is 1.12 bits per heavy atom. The van der Waals surface area contributed by atoms with Crippen LogP contribution in [0.15, 0.2) is 60.8 Å². The summed E-state index contributed by atoms with van der Waals surface area (Å²) in [6, 6.07) is 15.3. The highest BCUT2D eigenvalue weighted by Crippen LogP contribution is 2.32. The third-order valence-electron chi connectivity index (χ3n) is 6.66. The number of halogens is 2. The zero-order valence-electron chi connectivity index (χ0n) is 22.5. The molecule has 0 amide bonds. The molecule has 5 N–H and O–H groups in total. The Balaban J connectivity index is 1.43.